The number of hydrogen-bond donors (Lipinski definition) is 2. The number of rotatable bonds is 11. The van der Waals surface area contributed by atoms with Crippen LogP contribution in [0.2, 0.25) is 0 Å². The number of aliphatic carboxylic acids is 1. The molecule has 2 N–H and O–H groups in total. The van der Waals surface area contributed by atoms with Gasteiger partial charge in [0, 0.05) is 24.2 Å². The summed E-state index contributed by atoms with van der Waals surface area (Å²) in [4.78, 5) is 23.5. The van der Waals surface area contributed by atoms with Gasteiger partial charge in [0.05, 0.1) is 16.9 Å². The fourth-order valence-corrected chi connectivity index (χ4v) is 4.89. The predicted octanol–water partition coefficient (Wildman–Crippen LogP) is 1.75. The van der Waals surface area contributed by atoms with E-state index in [-0.39, 0.29) is 77.3 Å². The molecule has 7 heteroatoms. The standard InChI is InChI=1S/C25H40O6.Na/c1-5-25(4,6-2)24(30)31-21-14-13-19(26)18-15-20(27)16(3)17(23(18)21)11-9-7-8-10-12-22(28)29;/h15-17,21,23,26-27H,5-14H2,1-4H3,(H,28,29);/q;+1/p-1/t16-,17+,21-,23+;/m0./s1. The monoisotopic (exact) mass is 458 g/mol. The van der Waals surface area contributed by atoms with Gasteiger partial charge in [0.1, 0.15) is 6.10 Å². The minimum Gasteiger partial charge on any atom is -0.550 e. The summed E-state index contributed by atoms with van der Waals surface area (Å²) in [6.07, 6.45) is 7.90. The molecular formula is C25H39NaO6. The number of carboxylic acids is 1. The summed E-state index contributed by atoms with van der Waals surface area (Å²) in [5.74, 6) is -0.828. The van der Waals surface area contributed by atoms with Gasteiger partial charge in [-0.2, -0.15) is 0 Å². The average molecular weight is 459 g/mol. The average Bonchev–Trinajstić information content (AvgIpc) is 2.74. The van der Waals surface area contributed by atoms with E-state index in [4.69, 9.17) is 4.74 Å². The van der Waals surface area contributed by atoms with Crippen LogP contribution in [0.25, 0.3) is 0 Å². The van der Waals surface area contributed by atoms with Crippen LogP contribution in [0.4, 0.5) is 0 Å². The summed E-state index contributed by atoms with van der Waals surface area (Å²) in [6.45, 7) is 7.91. The number of allylic oxidation sites excluding steroid dienone is 3. The molecule has 0 radical (unpaired) electrons. The molecule has 176 valence electrons. The Morgan fingerprint density at radius 2 is 1.78 bits per heavy atom. The van der Waals surface area contributed by atoms with Crippen molar-refractivity contribution < 1.29 is 59.2 Å². The molecular weight excluding hydrogens is 419 g/mol. The summed E-state index contributed by atoms with van der Waals surface area (Å²) >= 11 is 0. The molecule has 4 atom stereocenters. The number of fused-ring (bicyclic) bond motifs is 1. The second kappa shape index (κ2) is 13.0. The van der Waals surface area contributed by atoms with Crippen molar-refractivity contribution in [3.05, 3.63) is 23.2 Å². The molecule has 0 unspecified atom stereocenters. The summed E-state index contributed by atoms with van der Waals surface area (Å²) < 4.78 is 6.07. The first-order valence-electron chi connectivity index (χ1n) is 11.9. The van der Waals surface area contributed by atoms with E-state index in [2.05, 4.69) is 0 Å². The van der Waals surface area contributed by atoms with E-state index < -0.39 is 11.4 Å². The molecule has 0 aromatic carbocycles. The smallest absolute Gasteiger partial charge is 0.550 e. The zero-order valence-corrected chi connectivity index (χ0v) is 22.5. The third kappa shape index (κ3) is 7.01. The van der Waals surface area contributed by atoms with Crippen LogP contribution in [0.15, 0.2) is 23.2 Å². The largest absolute Gasteiger partial charge is 1.00 e. The first-order valence-corrected chi connectivity index (χ1v) is 11.9. The number of unbranched alkanes of at least 4 members (excludes halogenated alkanes) is 3. The number of hydrogen-bond acceptors (Lipinski definition) is 6. The van der Waals surface area contributed by atoms with Gasteiger partial charge in [-0.15, -0.1) is 0 Å². The number of carboxylic acid groups (broad SMARTS) is 1. The van der Waals surface area contributed by atoms with Crippen LogP contribution < -0.4 is 34.7 Å². The summed E-state index contributed by atoms with van der Waals surface area (Å²) in [5.41, 5.74) is 0.187. The van der Waals surface area contributed by atoms with Crippen LogP contribution >= 0.6 is 0 Å². The Morgan fingerprint density at radius 3 is 2.38 bits per heavy atom. The minimum atomic E-state index is -1.01. The van der Waals surface area contributed by atoms with E-state index >= 15 is 0 Å². The Kier molecular flexibility index (Phi) is 11.8. The first kappa shape index (κ1) is 29.1. The van der Waals surface area contributed by atoms with Gasteiger partial charge in [-0.1, -0.05) is 40.0 Å². The third-order valence-corrected chi connectivity index (χ3v) is 7.61. The molecule has 0 saturated carbocycles. The van der Waals surface area contributed by atoms with E-state index in [0.717, 1.165) is 25.7 Å². The van der Waals surface area contributed by atoms with Crippen LogP contribution in [0.1, 0.15) is 91.9 Å². The maximum Gasteiger partial charge on any atom is 1.00 e. The van der Waals surface area contributed by atoms with Crippen LogP contribution in [0.3, 0.4) is 0 Å². The van der Waals surface area contributed by atoms with E-state index in [1.807, 2.05) is 27.7 Å². The molecule has 0 amide bonds. The maximum absolute atomic E-state index is 13.0. The zero-order valence-electron chi connectivity index (χ0n) is 20.5. The molecule has 0 saturated heterocycles. The van der Waals surface area contributed by atoms with Gasteiger partial charge in [0.25, 0.3) is 0 Å². The van der Waals surface area contributed by atoms with Crippen LogP contribution in [0.5, 0.6) is 0 Å². The molecule has 0 spiro atoms. The van der Waals surface area contributed by atoms with E-state index in [9.17, 15) is 24.9 Å². The van der Waals surface area contributed by atoms with Crippen molar-refractivity contribution in [2.24, 2.45) is 23.2 Å². The number of esters is 1. The quantitative estimate of drug-likeness (QED) is 0.278. The van der Waals surface area contributed by atoms with Crippen molar-refractivity contribution in [2.75, 3.05) is 0 Å². The second-order valence-electron chi connectivity index (χ2n) is 9.52. The van der Waals surface area contributed by atoms with E-state index in [0.29, 0.717) is 37.7 Å². The first-order chi connectivity index (χ1) is 14.6. The Hall–Kier alpha value is -0.980. The molecule has 32 heavy (non-hydrogen) atoms. The summed E-state index contributed by atoms with van der Waals surface area (Å²) in [5, 5.41) is 31.6. The van der Waals surface area contributed by atoms with Crippen molar-refractivity contribution in [3.63, 3.8) is 0 Å². The van der Waals surface area contributed by atoms with Crippen molar-refractivity contribution >= 4 is 11.9 Å². The van der Waals surface area contributed by atoms with Crippen molar-refractivity contribution in [3.8, 4) is 0 Å². The van der Waals surface area contributed by atoms with Gasteiger partial charge in [-0.05, 0) is 63.0 Å². The Bertz CT molecular complexity index is 709. The van der Waals surface area contributed by atoms with E-state index in [1.165, 1.54) is 0 Å². The number of carbonyl (C=O) groups excluding carboxylic acids is 2. The van der Waals surface area contributed by atoms with Crippen LogP contribution in [0, 0.1) is 23.2 Å². The molecule has 0 aliphatic heterocycles. The fourth-order valence-electron chi connectivity index (χ4n) is 4.89. The molecule has 0 aromatic heterocycles. The van der Waals surface area contributed by atoms with Gasteiger partial charge in [-0.3, -0.25) is 4.79 Å². The normalized spacial score (nSPS) is 25.4. The molecule has 2 aliphatic carbocycles. The fraction of sp³-hybridized carbons (Fsp3) is 0.760. The third-order valence-electron chi connectivity index (χ3n) is 7.61. The predicted molar refractivity (Wildman–Crippen MR) is 117 cm³/mol. The van der Waals surface area contributed by atoms with Crippen LogP contribution in [-0.2, 0) is 14.3 Å². The number of carbonyl (C=O) groups is 2. The van der Waals surface area contributed by atoms with Crippen molar-refractivity contribution in [1.29, 1.82) is 0 Å². The Balaban J connectivity index is 0.00000512. The topological polar surface area (TPSA) is 107 Å². The molecule has 6 nitrogen and oxygen atoms in total. The number of aliphatic hydroxyl groups is 2. The Morgan fingerprint density at radius 1 is 1.16 bits per heavy atom. The minimum absolute atomic E-state index is 0. The SMILES string of the molecule is CCC(C)(CC)C(=O)O[C@H]1CCC(O)=C2C=C(O)[C@@H](C)[C@@H](CCCCCCC(=O)[O-])[C@H]21.[Na+]. The van der Waals surface area contributed by atoms with Gasteiger partial charge in [0.15, 0.2) is 0 Å². The van der Waals surface area contributed by atoms with Gasteiger partial charge in [0.2, 0.25) is 0 Å². The van der Waals surface area contributed by atoms with Crippen LogP contribution in [-0.4, -0.2) is 28.3 Å². The van der Waals surface area contributed by atoms with Gasteiger partial charge < -0.3 is 24.9 Å². The van der Waals surface area contributed by atoms with Gasteiger partial charge >= 0.3 is 35.5 Å². The Labute approximate surface area is 214 Å². The van der Waals surface area contributed by atoms with Crippen molar-refractivity contribution in [2.45, 2.75) is 98.0 Å². The summed E-state index contributed by atoms with van der Waals surface area (Å²) in [6, 6.07) is 0. The molecule has 0 heterocycles. The number of ether oxygens (including phenoxy) is 1. The summed E-state index contributed by atoms with van der Waals surface area (Å²) in [7, 11) is 0. The van der Waals surface area contributed by atoms with E-state index in [1.54, 1.807) is 6.08 Å². The molecule has 2 rings (SSSR count). The molecule has 0 aromatic rings. The van der Waals surface area contributed by atoms with Gasteiger partial charge in [-0.25, -0.2) is 0 Å². The van der Waals surface area contributed by atoms with Crippen molar-refractivity contribution in [1.82, 2.24) is 0 Å². The molecule has 0 bridgehead atoms. The maximum atomic E-state index is 13.0. The zero-order chi connectivity index (χ0) is 23.2. The number of aliphatic hydroxyl groups excluding tert-OH is 2. The molecule has 0 fully saturated rings. The molecule has 2 aliphatic rings. The second-order valence-corrected chi connectivity index (χ2v) is 9.52.